The van der Waals surface area contributed by atoms with Gasteiger partial charge in [-0.05, 0) is 38.0 Å². The van der Waals surface area contributed by atoms with Crippen molar-refractivity contribution in [2.24, 2.45) is 5.73 Å². The van der Waals surface area contributed by atoms with Crippen LogP contribution in [0.25, 0.3) is 0 Å². The van der Waals surface area contributed by atoms with Gasteiger partial charge in [0.2, 0.25) is 0 Å². The second-order valence-electron chi connectivity index (χ2n) is 5.25. The van der Waals surface area contributed by atoms with Gasteiger partial charge in [-0.1, -0.05) is 19.1 Å². The predicted molar refractivity (Wildman–Crippen MR) is 75.9 cm³/mol. The van der Waals surface area contributed by atoms with Crippen molar-refractivity contribution in [1.82, 2.24) is 0 Å². The van der Waals surface area contributed by atoms with Crippen molar-refractivity contribution >= 4 is 5.69 Å². The fraction of sp³-hybridized carbons (Fsp3) is 0.600. The molecule has 0 bridgehead atoms. The zero-order chi connectivity index (χ0) is 13.1. The Labute approximate surface area is 110 Å². The molecule has 1 aromatic carbocycles. The monoisotopic (exact) mass is 248 g/mol. The van der Waals surface area contributed by atoms with Crippen LogP contribution in [0.5, 0.6) is 0 Å². The van der Waals surface area contributed by atoms with Crippen LogP contribution in [0.3, 0.4) is 0 Å². The average molecular weight is 248 g/mol. The van der Waals surface area contributed by atoms with E-state index in [4.69, 9.17) is 10.5 Å². The summed E-state index contributed by atoms with van der Waals surface area (Å²) in [4.78, 5) is 2.41. The number of morpholine rings is 1. The van der Waals surface area contributed by atoms with E-state index in [2.05, 4.69) is 49.9 Å². The third kappa shape index (κ3) is 2.85. The summed E-state index contributed by atoms with van der Waals surface area (Å²) in [5, 5.41) is 0. The van der Waals surface area contributed by atoms with E-state index in [0.29, 0.717) is 12.1 Å². The second kappa shape index (κ2) is 5.72. The van der Waals surface area contributed by atoms with Crippen LogP contribution in [-0.2, 0) is 4.74 Å². The number of ether oxygens (including phenoxy) is 1. The van der Waals surface area contributed by atoms with Gasteiger partial charge in [-0.15, -0.1) is 0 Å². The van der Waals surface area contributed by atoms with Crippen LogP contribution in [0, 0.1) is 0 Å². The topological polar surface area (TPSA) is 38.5 Å². The van der Waals surface area contributed by atoms with Crippen molar-refractivity contribution in [3.63, 3.8) is 0 Å². The molecule has 1 aromatic rings. The van der Waals surface area contributed by atoms with E-state index in [-0.39, 0.29) is 6.04 Å². The van der Waals surface area contributed by atoms with Crippen molar-refractivity contribution in [3.05, 3.63) is 29.8 Å². The first-order valence-corrected chi connectivity index (χ1v) is 6.85. The van der Waals surface area contributed by atoms with E-state index in [1.807, 2.05) is 0 Å². The Kier molecular flexibility index (Phi) is 4.25. The van der Waals surface area contributed by atoms with Gasteiger partial charge < -0.3 is 15.4 Å². The maximum absolute atomic E-state index is 6.04. The van der Waals surface area contributed by atoms with Gasteiger partial charge in [0.05, 0.1) is 12.7 Å². The summed E-state index contributed by atoms with van der Waals surface area (Å²) in [5.74, 6) is 0. The summed E-state index contributed by atoms with van der Waals surface area (Å²) in [7, 11) is 0. The maximum atomic E-state index is 6.04. The quantitative estimate of drug-likeness (QED) is 0.894. The molecule has 100 valence electrons. The lowest BCUT2D eigenvalue weighted by Crippen LogP contribution is -2.47. The molecule has 0 radical (unpaired) electrons. The van der Waals surface area contributed by atoms with Gasteiger partial charge in [-0.25, -0.2) is 0 Å². The van der Waals surface area contributed by atoms with Crippen LogP contribution in [0.2, 0.25) is 0 Å². The molecule has 0 spiro atoms. The summed E-state index contributed by atoms with van der Waals surface area (Å²) in [5.41, 5.74) is 8.52. The lowest BCUT2D eigenvalue weighted by molar-refractivity contribution is 0.0344. The number of nitrogens with zero attached hydrogens (tertiary/aromatic N) is 1. The third-order valence-electron chi connectivity index (χ3n) is 3.70. The predicted octanol–water partition coefficient (Wildman–Crippen LogP) is 2.71. The highest BCUT2D eigenvalue weighted by Gasteiger charge is 2.23. The summed E-state index contributed by atoms with van der Waals surface area (Å²) in [6, 6.07) is 9.25. The molecule has 3 nitrogen and oxygen atoms in total. The molecule has 1 fully saturated rings. The first-order chi connectivity index (χ1) is 8.61. The largest absolute Gasteiger partial charge is 0.375 e. The second-order valence-corrected chi connectivity index (χ2v) is 5.25. The molecule has 0 aliphatic carbocycles. The summed E-state index contributed by atoms with van der Waals surface area (Å²) in [6.45, 7) is 8.21. The first-order valence-electron chi connectivity index (χ1n) is 6.85. The smallest absolute Gasteiger partial charge is 0.0723 e. The van der Waals surface area contributed by atoms with E-state index in [0.717, 1.165) is 19.6 Å². The molecule has 2 rings (SSSR count). The SMILES string of the molecule is CC[C@@H](N)c1ccc(N2CC(C)OCC2C)cc1. The van der Waals surface area contributed by atoms with Crippen molar-refractivity contribution in [3.8, 4) is 0 Å². The Morgan fingerprint density at radius 3 is 2.61 bits per heavy atom. The van der Waals surface area contributed by atoms with Gasteiger partial charge in [0.25, 0.3) is 0 Å². The van der Waals surface area contributed by atoms with Gasteiger partial charge in [0, 0.05) is 24.3 Å². The van der Waals surface area contributed by atoms with E-state index >= 15 is 0 Å². The van der Waals surface area contributed by atoms with E-state index in [1.165, 1.54) is 11.3 Å². The molecular weight excluding hydrogens is 224 g/mol. The molecule has 2 unspecified atom stereocenters. The Morgan fingerprint density at radius 2 is 2.00 bits per heavy atom. The standard InChI is InChI=1S/C15H24N2O/c1-4-15(16)13-5-7-14(8-6-13)17-9-12(3)18-10-11(17)2/h5-8,11-12,15H,4,9-10,16H2,1-3H3/t11?,12?,15-/m1/s1. The average Bonchev–Trinajstić information content (AvgIpc) is 2.41. The normalized spacial score (nSPS) is 26.1. The van der Waals surface area contributed by atoms with E-state index < -0.39 is 0 Å². The van der Waals surface area contributed by atoms with Gasteiger partial charge in [0.1, 0.15) is 0 Å². The summed E-state index contributed by atoms with van der Waals surface area (Å²) >= 11 is 0. The number of nitrogens with two attached hydrogens (primary N) is 1. The lowest BCUT2D eigenvalue weighted by atomic mass is 10.0. The van der Waals surface area contributed by atoms with Gasteiger partial charge in [0.15, 0.2) is 0 Å². The molecule has 18 heavy (non-hydrogen) atoms. The van der Waals surface area contributed by atoms with E-state index in [1.54, 1.807) is 0 Å². The number of anilines is 1. The molecule has 3 atom stereocenters. The first kappa shape index (κ1) is 13.4. The number of hydrogen-bond acceptors (Lipinski definition) is 3. The van der Waals surface area contributed by atoms with Crippen LogP contribution in [0.15, 0.2) is 24.3 Å². The van der Waals surface area contributed by atoms with Crippen molar-refractivity contribution in [2.75, 3.05) is 18.1 Å². The molecule has 1 aliphatic rings. The van der Waals surface area contributed by atoms with Crippen LogP contribution in [-0.4, -0.2) is 25.3 Å². The maximum Gasteiger partial charge on any atom is 0.0723 e. The molecule has 1 saturated heterocycles. The molecule has 0 aromatic heterocycles. The van der Waals surface area contributed by atoms with Gasteiger partial charge in [-0.2, -0.15) is 0 Å². The van der Waals surface area contributed by atoms with Crippen molar-refractivity contribution in [2.45, 2.75) is 45.4 Å². The third-order valence-corrected chi connectivity index (χ3v) is 3.70. The zero-order valence-electron chi connectivity index (χ0n) is 11.6. The van der Waals surface area contributed by atoms with Crippen molar-refractivity contribution < 1.29 is 4.74 Å². The minimum absolute atomic E-state index is 0.153. The molecule has 0 amide bonds. The minimum Gasteiger partial charge on any atom is -0.375 e. The van der Waals surface area contributed by atoms with Crippen LogP contribution < -0.4 is 10.6 Å². The highest BCUT2D eigenvalue weighted by Crippen LogP contribution is 2.24. The fourth-order valence-corrected chi connectivity index (χ4v) is 2.41. The van der Waals surface area contributed by atoms with Gasteiger partial charge >= 0.3 is 0 Å². The minimum atomic E-state index is 0.153. The highest BCUT2D eigenvalue weighted by molar-refractivity contribution is 5.49. The Hall–Kier alpha value is -1.06. The Morgan fingerprint density at radius 1 is 1.33 bits per heavy atom. The summed E-state index contributed by atoms with van der Waals surface area (Å²) < 4.78 is 5.66. The molecule has 1 heterocycles. The number of hydrogen-bond donors (Lipinski definition) is 1. The lowest BCUT2D eigenvalue weighted by Gasteiger charge is -2.38. The van der Waals surface area contributed by atoms with E-state index in [9.17, 15) is 0 Å². The molecule has 3 heteroatoms. The van der Waals surface area contributed by atoms with Crippen LogP contribution >= 0.6 is 0 Å². The number of rotatable bonds is 3. The fourth-order valence-electron chi connectivity index (χ4n) is 2.41. The molecule has 0 saturated carbocycles. The molecule has 1 aliphatic heterocycles. The summed E-state index contributed by atoms with van der Waals surface area (Å²) in [6.07, 6.45) is 1.28. The Bertz CT molecular complexity index is 377. The Balaban J connectivity index is 2.13. The highest BCUT2D eigenvalue weighted by atomic mass is 16.5. The van der Waals surface area contributed by atoms with Crippen molar-refractivity contribution in [1.29, 1.82) is 0 Å². The number of benzene rings is 1. The van der Waals surface area contributed by atoms with Gasteiger partial charge in [-0.3, -0.25) is 0 Å². The van der Waals surface area contributed by atoms with Crippen LogP contribution in [0.1, 0.15) is 38.8 Å². The molecule has 2 N–H and O–H groups in total. The molecular formula is C15H24N2O. The zero-order valence-corrected chi connectivity index (χ0v) is 11.6. The van der Waals surface area contributed by atoms with Crippen LogP contribution in [0.4, 0.5) is 5.69 Å².